The fourth-order valence-corrected chi connectivity index (χ4v) is 6.13. The number of ether oxygens (including phenoxy) is 2. The van der Waals surface area contributed by atoms with Gasteiger partial charge in [-0.15, -0.1) is 33.5 Å². The van der Waals surface area contributed by atoms with Crippen molar-refractivity contribution in [3.8, 4) is 0 Å². The van der Waals surface area contributed by atoms with E-state index < -0.39 is 0 Å². The SMILES string of the molecule is C=Cc1c2[n-]c(c1C)/C=C1\[N-]/C(=C(/CC(=O)OC)c3ccc([n-]3)/C=c3\[n-]/c(c(C)c3CC)=C\2)[C@@H](CCC(=O)OCC)[C@@H]1C.[Mg+2]. The summed E-state index contributed by atoms with van der Waals surface area (Å²) in [5.41, 5.74) is 9.50. The molecule has 1 fully saturated rings. The normalized spacial score (nSPS) is 21.5. The van der Waals surface area contributed by atoms with Crippen LogP contribution in [0.5, 0.6) is 0 Å². The Labute approximate surface area is 274 Å². The number of rotatable bonds is 8. The zero-order chi connectivity index (χ0) is 30.8. The average molecular weight is 603 g/mol. The van der Waals surface area contributed by atoms with E-state index >= 15 is 0 Å². The zero-order valence-electron chi connectivity index (χ0n) is 26.5. The molecule has 2 aliphatic heterocycles. The van der Waals surface area contributed by atoms with Gasteiger partial charge in [0, 0.05) is 6.42 Å². The van der Waals surface area contributed by atoms with Gasteiger partial charge in [0.1, 0.15) is 0 Å². The quantitative estimate of drug-likeness (QED) is 0.280. The van der Waals surface area contributed by atoms with Crippen LogP contribution in [0, 0.1) is 25.7 Å². The van der Waals surface area contributed by atoms with Crippen molar-refractivity contribution in [3.63, 3.8) is 0 Å². The zero-order valence-corrected chi connectivity index (χ0v) is 27.9. The molecule has 8 nitrogen and oxygen atoms in total. The summed E-state index contributed by atoms with van der Waals surface area (Å²) in [6.45, 7) is 14.5. The van der Waals surface area contributed by atoms with Crippen LogP contribution < -0.4 is 25.7 Å². The molecular weight excluding hydrogens is 565 g/mol. The largest absolute Gasteiger partial charge is 2.00 e. The second kappa shape index (κ2) is 13.9. The van der Waals surface area contributed by atoms with E-state index in [0.29, 0.717) is 24.3 Å². The minimum absolute atomic E-state index is 0. The van der Waals surface area contributed by atoms with Gasteiger partial charge in [-0.25, -0.2) is 0 Å². The predicted octanol–water partition coefficient (Wildman–Crippen LogP) is 4.27. The van der Waals surface area contributed by atoms with Crippen molar-refractivity contribution in [1.29, 1.82) is 0 Å². The number of hydrogen-bond donors (Lipinski definition) is 0. The number of hydrogen-bond acceptors (Lipinski definition) is 4. The van der Waals surface area contributed by atoms with Crippen LogP contribution in [0.2, 0.25) is 0 Å². The fourth-order valence-electron chi connectivity index (χ4n) is 6.13. The first kappa shape index (κ1) is 33.2. The Bertz CT molecular complexity index is 1770. The minimum atomic E-state index is -0.384. The summed E-state index contributed by atoms with van der Waals surface area (Å²) in [5, 5.41) is 6.86. The first-order chi connectivity index (χ1) is 20.7. The van der Waals surface area contributed by atoms with E-state index in [-0.39, 0.29) is 59.7 Å². The summed E-state index contributed by atoms with van der Waals surface area (Å²) in [5.74, 6) is -0.817. The van der Waals surface area contributed by atoms with Gasteiger partial charge in [-0.05, 0) is 51.0 Å². The third kappa shape index (κ3) is 6.39. The average Bonchev–Trinajstić information content (AvgIpc) is 3.72. The van der Waals surface area contributed by atoms with E-state index in [1.165, 1.54) is 7.11 Å². The van der Waals surface area contributed by atoms with Gasteiger partial charge < -0.3 is 29.7 Å². The summed E-state index contributed by atoms with van der Waals surface area (Å²) in [6.07, 6.45) is 9.46. The molecule has 5 rings (SSSR count). The molecule has 44 heavy (non-hydrogen) atoms. The van der Waals surface area contributed by atoms with Crippen LogP contribution in [0.15, 0.2) is 30.1 Å². The first-order valence-corrected chi connectivity index (χ1v) is 14.9. The maximum atomic E-state index is 12.7. The standard InChI is InChI=1S/C35H38N4O4.Mg/c1-8-23-19(4)29-18-32-24(9-2)20(5)28(38-32)17-30-21(6)25(12-14-33(40)43-10-3)35(39-30)26(16-34(41)42-7)27-13-11-22(36-27)15-31(23)37-29;/h9,11,13,15,17-18,21,25H,2,8,10,12,14,16H2,1,3-7H3;/q-4;+2/b29-18-,30-17-,31-15-,35-26-;/t21-,25-;/m0./s1. The number of aromatic nitrogens is 3. The number of allylic oxidation sites excluding steroid dienone is 2. The summed E-state index contributed by atoms with van der Waals surface area (Å²) >= 11 is 0. The van der Waals surface area contributed by atoms with Gasteiger partial charge in [0.25, 0.3) is 0 Å². The van der Waals surface area contributed by atoms with E-state index in [9.17, 15) is 9.59 Å². The van der Waals surface area contributed by atoms with Crippen molar-refractivity contribution in [1.82, 2.24) is 15.0 Å². The van der Waals surface area contributed by atoms with Gasteiger partial charge in [0.2, 0.25) is 0 Å². The van der Waals surface area contributed by atoms with Gasteiger partial charge in [-0.1, -0.05) is 79.1 Å². The molecule has 226 valence electrons. The summed E-state index contributed by atoms with van der Waals surface area (Å²) in [6, 6.07) is 3.85. The van der Waals surface area contributed by atoms with E-state index in [4.69, 9.17) is 29.7 Å². The van der Waals surface area contributed by atoms with Crippen LogP contribution in [0.25, 0.3) is 35.2 Å². The van der Waals surface area contributed by atoms with Crippen LogP contribution in [0.3, 0.4) is 0 Å². The molecule has 9 heteroatoms. The number of fused-ring (bicyclic) bond motifs is 8. The topological polar surface area (TPSA) is 109 Å². The molecule has 1 saturated heterocycles. The molecule has 0 saturated carbocycles. The van der Waals surface area contributed by atoms with Gasteiger partial charge in [-0.2, -0.15) is 11.4 Å². The van der Waals surface area contributed by atoms with Crippen molar-refractivity contribution < 1.29 is 19.1 Å². The summed E-state index contributed by atoms with van der Waals surface area (Å²) in [4.78, 5) is 40.1. The molecule has 3 aromatic rings. The van der Waals surface area contributed by atoms with Gasteiger partial charge in [-0.3, -0.25) is 9.59 Å². The third-order valence-electron chi connectivity index (χ3n) is 8.56. The first-order valence-electron chi connectivity index (χ1n) is 14.9. The third-order valence-corrected chi connectivity index (χ3v) is 8.56. The monoisotopic (exact) mass is 602 g/mol. The van der Waals surface area contributed by atoms with E-state index in [2.05, 4.69) is 27.4 Å². The fraction of sp³-hybridized carbons (Fsp3) is 0.371. The molecule has 2 aliphatic rings. The van der Waals surface area contributed by atoms with Gasteiger partial charge in [0.05, 0.1) is 20.1 Å². The van der Waals surface area contributed by atoms with Crippen molar-refractivity contribution >= 4 is 64.9 Å². The van der Waals surface area contributed by atoms with Crippen molar-refractivity contribution in [2.75, 3.05) is 13.7 Å². The summed E-state index contributed by atoms with van der Waals surface area (Å²) < 4.78 is 10.3. The Kier molecular flexibility index (Phi) is 10.5. The maximum absolute atomic E-state index is 12.7. The Hall–Kier alpha value is -3.69. The number of esters is 2. The maximum Gasteiger partial charge on any atom is 2.00 e. The van der Waals surface area contributed by atoms with Crippen LogP contribution >= 0.6 is 0 Å². The number of carbonyl (C=O) groups is 2. The Morgan fingerprint density at radius 1 is 0.977 bits per heavy atom. The Morgan fingerprint density at radius 2 is 1.75 bits per heavy atom. The predicted molar refractivity (Wildman–Crippen MR) is 174 cm³/mol. The molecule has 2 atom stereocenters. The minimum Gasteiger partial charge on any atom is -0.664 e. The molecule has 3 aromatic heterocycles. The van der Waals surface area contributed by atoms with Crippen LogP contribution in [-0.4, -0.2) is 48.7 Å². The molecule has 0 spiro atoms. The van der Waals surface area contributed by atoms with Crippen molar-refractivity contribution in [2.45, 2.75) is 60.3 Å². The van der Waals surface area contributed by atoms with Gasteiger partial charge >= 0.3 is 35.0 Å². The van der Waals surface area contributed by atoms with E-state index in [1.807, 2.05) is 43.4 Å². The van der Waals surface area contributed by atoms with Crippen LogP contribution in [0.4, 0.5) is 0 Å². The second-order valence-corrected chi connectivity index (χ2v) is 11.0. The smallest absolute Gasteiger partial charge is 0.664 e. The molecule has 5 heterocycles. The van der Waals surface area contributed by atoms with E-state index in [1.54, 1.807) is 6.92 Å². The van der Waals surface area contributed by atoms with Gasteiger partial charge in [0.15, 0.2) is 0 Å². The molecule has 0 unspecified atom stereocenters. The molecule has 0 N–H and O–H groups in total. The second-order valence-electron chi connectivity index (χ2n) is 11.0. The molecule has 0 radical (unpaired) electrons. The van der Waals surface area contributed by atoms with Crippen LogP contribution in [0.1, 0.15) is 85.1 Å². The molecule has 0 amide bonds. The Morgan fingerprint density at radius 3 is 2.43 bits per heavy atom. The number of methoxy groups -OCH3 is 1. The van der Waals surface area contributed by atoms with Crippen LogP contribution in [-0.2, 0) is 25.5 Å². The number of nitrogens with zero attached hydrogens (tertiary/aromatic N) is 4. The molecular formula is C35H38MgN4O4-2. The van der Waals surface area contributed by atoms with E-state index in [0.717, 1.165) is 67.8 Å². The summed E-state index contributed by atoms with van der Waals surface area (Å²) in [7, 11) is 1.38. The van der Waals surface area contributed by atoms with Crippen molar-refractivity contribution in [3.05, 3.63) is 91.2 Å². The number of carbonyl (C=O) groups excluding carboxylic acids is 2. The van der Waals surface area contributed by atoms with Crippen molar-refractivity contribution in [2.24, 2.45) is 11.8 Å². The molecule has 0 aromatic carbocycles. The molecule has 8 bridgehead atoms. The molecule has 0 aliphatic carbocycles. The Balaban J connectivity index is 0.00000442.